The lowest BCUT2D eigenvalue weighted by Crippen LogP contribution is -2.59. The van der Waals surface area contributed by atoms with Gasteiger partial charge in [0, 0.05) is 50.9 Å². The van der Waals surface area contributed by atoms with E-state index >= 15 is 0 Å². The van der Waals surface area contributed by atoms with Gasteiger partial charge < -0.3 is 39.0 Å². The highest BCUT2D eigenvalue weighted by Crippen LogP contribution is 2.61. The monoisotopic (exact) mass is 482 g/mol. The molecule has 3 N–H and O–H groups in total. The highest BCUT2D eigenvalue weighted by molar-refractivity contribution is 5.74. The number of aliphatic hydroxyl groups is 3. The number of methoxy groups -OCH3 is 3. The van der Waals surface area contributed by atoms with Crippen LogP contribution in [0, 0.1) is 35.5 Å². The fourth-order valence-electron chi connectivity index (χ4n) is 6.87. The fraction of sp³-hybridized carbons (Fsp3) is 0.800. The van der Waals surface area contributed by atoms with Gasteiger partial charge in [0.2, 0.25) is 0 Å². The molecule has 0 aromatic carbocycles. The summed E-state index contributed by atoms with van der Waals surface area (Å²) >= 11 is 0. The predicted octanol–water partition coefficient (Wildman–Crippen LogP) is 0.318. The molecule has 1 saturated heterocycles. The summed E-state index contributed by atoms with van der Waals surface area (Å²) in [5, 5.41) is 33.3. The second-order valence-corrected chi connectivity index (χ2v) is 10.2. The first-order valence-corrected chi connectivity index (χ1v) is 12.0. The minimum atomic E-state index is -1.04. The van der Waals surface area contributed by atoms with Crippen LogP contribution < -0.4 is 0 Å². The standard InChI is InChI=1S/C25H38O9/c1-12-8-13(2)25-17(15(9-30-3)24(29)33-22(12)18(26)11-32-5)7-6-14-19(25)20(27)16(10-31-4)21(28)23(14)34-25/h6-8,12,14-23,26-28H,9-11H2,1-5H3/b13-8-/t12-,14-,15+,16-,17-,18-,19+,20-,21-,22+,23-,25-/m1/s1. The lowest BCUT2D eigenvalue weighted by molar-refractivity contribution is -0.173. The molecule has 192 valence electrons. The third-order valence-corrected chi connectivity index (χ3v) is 8.30. The van der Waals surface area contributed by atoms with Gasteiger partial charge in [0.25, 0.3) is 0 Å². The van der Waals surface area contributed by atoms with Gasteiger partial charge in [-0.05, 0) is 12.5 Å². The first kappa shape index (κ1) is 25.8. The van der Waals surface area contributed by atoms with Crippen molar-refractivity contribution >= 4 is 5.97 Å². The SMILES string of the molecule is COC[C@H]1[C@@H](O)[C@@H]2O[C@]34/C(C)=C\[C@@H](C)[C@@H]([C@H](O)COC)OC(=O)[C@@H](COC)[C@H]3C=C[C@@H]2[C@H]4[C@@H]1O. The normalized spacial score (nSPS) is 48.1. The molecule has 2 heterocycles. The number of esters is 1. The Hall–Kier alpha value is -1.33. The van der Waals surface area contributed by atoms with Crippen LogP contribution in [0.3, 0.4) is 0 Å². The quantitative estimate of drug-likeness (QED) is 0.348. The summed E-state index contributed by atoms with van der Waals surface area (Å²) in [5.74, 6) is -3.18. The Morgan fingerprint density at radius 1 is 1.09 bits per heavy atom. The molecular weight excluding hydrogens is 444 g/mol. The van der Waals surface area contributed by atoms with E-state index in [2.05, 4.69) is 0 Å². The molecule has 0 radical (unpaired) electrons. The Bertz CT molecular complexity index is 812. The van der Waals surface area contributed by atoms with Gasteiger partial charge in [0.15, 0.2) is 0 Å². The molecular formula is C25H38O9. The molecule has 0 unspecified atom stereocenters. The molecule has 9 nitrogen and oxygen atoms in total. The van der Waals surface area contributed by atoms with Gasteiger partial charge in [-0.15, -0.1) is 0 Å². The Labute approximate surface area is 200 Å². The molecule has 1 saturated carbocycles. The van der Waals surface area contributed by atoms with Gasteiger partial charge >= 0.3 is 5.97 Å². The molecule has 4 rings (SSSR count). The summed E-state index contributed by atoms with van der Waals surface area (Å²) in [7, 11) is 4.54. The van der Waals surface area contributed by atoms with E-state index in [4.69, 9.17) is 23.7 Å². The minimum absolute atomic E-state index is 0.0193. The number of cyclic esters (lactones) is 1. The van der Waals surface area contributed by atoms with E-state index in [0.29, 0.717) is 0 Å². The van der Waals surface area contributed by atoms with Crippen LogP contribution in [0.5, 0.6) is 0 Å². The van der Waals surface area contributed by atoms with Gasteiger partial charge in [0.05, 0.1) is 44.1 Å². The van der Waals surface area contributed by atoms with Crippen molar-refractivity contribution in [1.82, 2.24) is 0 Å². The van der Waals surface area contributed by atoms with E-state index in [1.165, 1.54) is 14.2 Å². The number of carbonyl (C=O) groups is 1. The van der Waals surface area contributed by atoms with Crippen molar-refractivity contribution in [1.29, 1.82) is 0 Å². The van der Waals surface area contributed by atoms with Crippen LogP contribution in [0.15, 0.2) is 23.8 Å². The molecule has 1 spiro atoms. The zero-order valence-electron chi connectivity index (χ0n) is 20.5. The van der Waals surface area contributed by atoms with Gasteiger partial charge in [-0.25, -0.2) is 0 Å². The Kier molecular flexibility index (Phi) is 7.55. The van der Waals surface area contributed by atoms with Crippen LogP contribution in [0.1, 0.15) is 13.8 Å². The molecule has 2 aliphatic carbocycles. The second-order valence-electron chi connectivity index (χ2n) is 10.2. The van der Waals surface area contributed by atoms with Crippen molar-refractivity contribution < 1.29 is 43.8 Å². The van der Waals surface area contributed by atoms with E-state index in [0.717, 1.165) is 5.57 Å². The van der Waals surface area contributed by atoms with E-state index in [9.17, 15) is 20.1 Å². The van der Waals surface area contributed by atoms with Crippen LogP contribution in [0.4, 0.5) is 0 Å². The lowest BCUT2D eigenvalue weighted by Gasteiger charge is -2.49. The molecule has 0 amide bonds. The maximum absolute atomic E-state index is 13.5. The molecule has 2 aliphatic heterocycles. The summed E-state index contributed by atoms with van der Waals surface area (Å²) in [5.41, 5.74) is -0.199. The highest BCUT2D eigenvalue weighted by atomic mass is 16.6. The molecule has 0 aromatic rings. The van der Waals surface area contributed by atoms with Crippen LogP contribution in [-0.4, -0.2) is 98.6 Å². The highest BCUT2D eigenvalue weighted by Gasteiger charge is 2.70. The summed E-state index contributed by atoms with van der Waals surface area (Å²) in [6.07, 6.45) is 1.68. The summed E-state index contributed by atoms with van der Waals surface area (Å²) in [6.45, 7) is 4.11. The topological polar surface area (TPSA) is 124 Å². The number of hydrogen-bond acceptors (Lipinski definition) is 9. The van der Waals surface area contributed by atoms with E-state index < -0.39 is 59.8 Å². The number of ether oxygens (including phenoxy) is 5. The Balaban J connectivity index is 1.85. The minimum Gasteiger partial charge on any atom is -0.459 e. The Morgan fingerprint density at radius 2 is 1.79 bits per heavy atom. The average molecular weight is 483 g/mol. The fourth-order valence-corrected chi connectivity index (χ4v) is 6.87. The van der Waals surface area contributed by atoms with Gasteiger partial charge in [-0.1, -0.05) is 25.2 Å². The van der Waals surface area contributed by atoms with Gasteiger partial charge in [0.1, 0.15) is 17.8 Å². The lowest BCUT2D eigenvalue weighted by atomic mass is 9.56. The third-order valence-electron chi connectivity index (χ3n) is 8.30. The smallest absolute Gasteiger partial charge is 0.312 e. The molecule has 2 fully saturated rings. The zero-order valence-corrected chi connectivity index (χ0v) is 20.5. The second kappa shape index (κ2) is 9.97. The van der Waals surface area contributed by atoms with E-state index in [-0.39, 0.29) is 37.6 Å². The first-order chi connectivity index (χ1) is 16.2. The largest absolute Gasteiger partial charge is 0.459 e. The van der Waals surface area contributed by atoms with Crippen LogP contribution in [-0.2, 0) is 28.5 Å². The molecule has 34 heavy (non-hydrogen) atoms. The van der Waals surface area contributed by atoms with Crippen molar-refractivity contribution in [3.63, 3.8) is 0 Å². The maximum Gasteiger partial charge on any atom is 0.312 e. The van der Waals surface area contributed by atoms with Crippen molar-refractivity contribution in [2.24, 2.45) is 35.5 Å². The van der Waals surface area contributed by atoms with Gasteiger partial charge in [-0.2, -0.15) is 0 Å². The number of carbonyl (C=O) groups excluding carboxylic acids is 1. The Morgan fingerprint density at radius 3 is 2.44 bits per heavy atom. The molecule has 9 heteroatoms. The molecule has 12 atom stereocenters. The average Bonchev–Trinajstić information content (AvgIpc) is 3.00. The first-order valence-electron chi connectivity index (χ1n) is 12.0. The summed E-state index contributed by atoms with van der Waals surface area (Å²) < 4.78 is 28.5. The van der Waals surface area contributed by atoms with Crippen molar-refractivity contribution in [2.75, 3.05) is 41.2 Å². The number of aliphatic hydroxyl groups excluding tert-OH is 3. The summed E-state index contributed by atoms with van der Waals surface area (Å²) in [6, 6.07) is 0. The van der Waals surface area contributed by atoms with Crippen molar-refractivity contribution in [3.05, 3.63) is 23.8 Å². The zero-order chi connectivity index (χ0) is 24.8. The van der Waals surface area contributed by atoms with Crippen LogP contribution >= 0.6 is 0 Å². The summed E-state index contributed by atoms with van der Waals surface area (Å²) in [4.78, 5) is 13.5. The van der Waals surface area contributed by atoms with Gasteiger partial charge in [-0.3, -0.25) is 4.79 Å². The van der Waals surface area contributed by atoms with Crippen LogP contribution in [0.2, 0.25) is 0 Å². The predicted molar refractivity (Wildman–Crippen MR) is 121 cm³/mol. The molecule has 4 bridgehead atoms. The van der Waals surface area contributed by atoms with E-state index in [1.807, 2.05) is 32.1 Å². The van der Waals surface area contributed by atoms with Crippen molar-refractivity contribution in [3.8, 4) is 0 Å². The third kappa shape index (κ3) is 3.86. The number of hydrogen-bond donors (Lipinski definition) is 3. The molecule has 0 aromatic heterocycles. The number of rotatable bonds is 7. The van der Waals surface area contributed by atoms with Crippen LogP contribution in [0.25, 0.3) is 0 Å². The van der Waals surface area contributed by atoms with Crippen molar-refractivity contribution in [2.45, 2.75) is 50.0 Å². The maximum atomic E-state index is 13.5. The molecule has 4 aliphatic rings. The van der Waals surface area contributed by atoms with E-state index in [1.54, 1.807) is 7.11 Å².